The van der Waals surface area contributed by atoms with Gasteiger partial charge in [0.25, 0.3) is 0 Å². The van der Waals surface area contributed by atoms with Crippen molar-refractivity contribution in [3.8, 4) is 0 Å². The zero-order chi connectivity index (χ0) is 20.3. The molecule has 8 nitrogen and oxygen atoms in total. The van der Waals surface area contributed by atoms with Crippen LogP contribution in [0, 0.1) is 6.92 Å². The van der Waals surface area contributed by atoms with Crippen LogP contribution in [0.25, 0.3) is 0 Å². The van der Waals surface area contributed by atoms with Crippen molar-refractivity contribution in [2.75, 3.05) is 7.05 Å². The summed E-state index contributed by atoms with van der Waals surface area (Å²) >= 11 is 0. The van der Waals surface area contributed by atoms with Crippen LogP contribution in [-0.4, -0.2) is 48.5 Å². The normalized spacial score (nSPS) is 15.1. The summed E-state index contributed by atoms with van der Waals surface area (Å²) in [5.74, 6) is 3.10. The molecule has 1 N–H and O–H groups in total. The molecule has 0 atom stereocenters. The van der Waals surface area contributed by atoms with E-state index in [0.717, 1.165) is 29.8 Å². The number of halogens is 1. The molecular formula is C20H35IN8. The van der Waals surface area contributed by atoms with E-state index in [-0.39, 0.29) is 24.0 Å². The Morgan fingerprint density at radius 3 is 2.55 bits per heavy atom. The Labute approximate surface area is 191 Å². The Hall–Kier alpha value is -1.65. The summed E-state index contributed by atoms with van der Waals surface area (Å²) < 4.78 is 3.90. The Bertz CT molecular complexity index is 817. The smallest absolute Gasteiger partial charge is 0.194 e. The summed E-state index contributed by atoms with van der Waals surface area (Å²) in [6.07, 6.45) is 7.11. The fraction of sp³-hybridized carbons (Fsp3) is 0.700. The van der Waals surface area contributed by atoms with Crippen molar-refractivity contribution in [3.63, 3.8) is 0 Å². The van der Waals surface area contributed by atoms with Crippen LogP contribution in [-0.2, 0) is 27.2 Å². The van der Waals surface area contributed by atoms with Gasteiger partial charge in [-0.25, -0.2) is 4.99 Å². The van der Waals surface area contributed by atoms with Crippen LogP contribution < -0.4 is 5.32 Å². The lowest BCUT2D eigenvalue weighted by atomic mass is 10.1. The number of hydrogen-bond acceptors (Lipinski definition) is 4. The summed E-state index contributed by atoms with van der Waals surface area (Å²) in [6.45, 7) is 7.63. The van der Waals surface area contributed by atoms with Gasteiger partial charge in [0.2, 0.25) is 0 Å². The lowest BCUT2D eigenvalue weighted by Gasteiger charge is -2.25. The number of nitrogens with one attached hydrogen (secondary N) is 1. The van der Waals surface area contributed by atoms with Crippen molar-refractivity contribution < 1.29 is 0 Å². The molecule has 29 heavy (non-hydrogen) atoms. The van der Waals surface area contributed by atoms with E-state index in [1.807, 2.05) is 30.3 Å². The molecule has 2 heterocycles. The van der Waals surface area contributed by atoms with Crippen LogP contribution in [0.3, 0.4) is 0 Å². The Balaban J connectivity index is 0.00000300. The molecule has 162 valence electrons. The Morgan fingerprint density at radius 2 is 1.97 bits per heavy atom. The molecule has 3 rings (SSSR count). The van der Waals surface area contributed by atoms with Gasteiger partial charge in [-0.1, -0.05) is 26.7 Å². The van der Waals surface area contributed by atoms with E-state index in [1.165, 1.54) is 31.2 Å². The highest BCUT2D eigenvalue weighted by Gasteiger charge is 2.20. The molecule has 1 aliphatic rings. The van der Waals surface area contributed by atoms with E-state index < -0.39 is 0 Å². The van der Waals surface area contributed by atoms with E-state index >= 15 is 0 Å². The number of nitrogens with zero attached hydrogens (tertiary/aromatic N) is 7. The first-order chi connectivity index (χ1) is 13.3. The maximum absolute atomic E-state index is 4.89. The minimum atomic E-state index is 0. The van der Waals surface area contributed by atoms with Crippen LogP contribution >= 0.6 is 24.0 Å². The Morgan fingerprint density at radius 1 is 1.28 bits per heavy atom. The Kier molecular flexibility index (Phi) is 8.47. The van der Waals surface area contributed by atoms with Gasteiger partial charge in [-0.15, -0.1) is 34.2 Å². The van der Waals surface area contributed by atoms with Gasteiger partial charge in [0.15, 0.2) is 11.8 Å². The number of aliphatic imine (C=N–C) groups is 1. The quantitative estimate of drug-likeness (QED) is 0.364. The lowest BCUT2D eigenvalue weighted by molar-refractivity contribution is 0.454. The van der Waals surface area contributed by atoms with Gasteiger partial charge in [0.05, 0.1) is 5.69 Å². The largest absolute Gasteiger partial charge is 0.353 e. The summed E-state index contributed by atoms with van der Waals surface area (Å²) in [4.78, 5) is 7.09. The highest BCUT2D eigenvalue weighted by molar-refractivity contribution is 14.0. The van der Waals surface area contributed by atoms with Crippen molar-refractivity contribution in [1.29, 1.82) is 0 Å². The number of aromatic nitrogens is 5. The SMILES string of the molecule is Cc1nnc(CN=C(NC2CCCC2)N(C)Cc2cn(C)nc2C(C)C)n1C.I. The summed E-state index contributed by atoms with van der Waals surface area (Å²) in [7, 11) is 6.07. The van der Waals surface area contributed by atoms with Crippen LogP contribution in [0.2, 0.25) is 0 Å². The summed E-state index contributed by atoms with van der Waals surface area (Å²) in [5, 5.41) is 16.7. The van der Waals surface area contributed by atoms with E-state index in [2.05, 4.69) is 52.6 Å². The fourth-order valence-electron chi connectivity index (χ4n) is 3.76. The number of hydrogen-bond donors (Lipinski definition) is 1. The minimum Gasteiger partial charge on any atom is -0.353 e. The molecule has 0 aliphatic heterocycles. The summed E-state index contributed by atoms with van der Waals surface area (Å²) in [5.41, 5.74) is 2.40. The second-order valence-electron chi connectivity index (χ2n) is 8.21. The average molecular weight is 514 g/mol. The molecular weight excluding hydrogens is 479 g/mol. The molecule has 1 aliphatic carbocycles. The predicted molar refractivity (Wildman–Crippen MR) is 126 cm³/mol. The number of aryl methyl sites for hydroxylation is 2. The fourth-order valence-corrected chi connectivity index (χ4v) is 3.76. The third-order valence-electron chi connectivity index (χ3n) is 5.49. The molecule has 2 aromatic heterocycles. The zero-order valence-electron chi connectivity index (χ0n) is 18.5. The molecule has 0 radical (unpaired) electrons. The standard InChI is InChI=1S/C20H34N8.HI/c1-14(2)19-16(13-27(5)25-19)12-26(4)20(22-17-9-7-8-10-17)21-11-18-24-23-15(3)28(18)6;/h13-14,17H,7-12H2,1-6H3,(H,21,22);1H. The average Bonchev–Trinajstić information content (AvgIpc) is 3.35. The monoisotopic (exact) mass is 514 g/mol. The topological polar surface area (TPSA) is 76.2 Å². The van der Waals surface area contributed by atoms with Crippen molar-refractivity contribution >= 4 is 29.9 Å². The van der Waals surface area contributed by atoms with Crippen molar-refractivity contribution in [1.82, 2.24) is 34.8 Å². The van der Waals surface area contributed by atoms with Crippen LogP contribution in [0.1, 0.15) is 68.4 Å². The highest BCUT2D eigenvalue weighted by atomic mass is 127. The van der Waals surface area contributed by atoms with E-state index in [0.29, 0.717) is 18.5 Å². The molecule has 1 saturated carbocycles. The third-order valence-corrected chi connectivity index (χ3v) is 5.49. The van der Waals surface area contributed by atoms with Gasteiger partial charge in [0.1, 0.15) is 12.4 Å². The second kappa shape index (κ2) is 10.4. The molecule has 0 saturated heterocycles. The molecule has 0 spiro atoms. The molecule has 2 aromatic rings. The van der Waals surface area contributed by atoms with Gasteiger partial charge < -0.3 is 14.8 Å². The second-order valence-corrected chi connectivity index (χ2v) is 8.21. The maximum atomic E-state index is 4.89. The minimum absolute atomic E-state index is 0. The first kappa shape index (κ1) is 23.6. The van der Waals surface area contributed by atoms with E-state index in [4.69, 9.17) is 4.99 Å². The first-order valence-corrected chi connectivity index (χ1v) is 10.2. The number of guanidine groups is 1. The van der Waals surface area contributed by atoms with Gasteiger partial charge in [-0.05, 0) is 25.7 Å². The maximum Gasteiger partial charge on any atom is 0.194 e. The van der Waals surface area contributed by atoms with Crippen LogP contribution in [0.15, 0.2) is 11.2 Å². The van der Waals surface area contributed by atoms with Gasteiger partial charge in [0, 0.05) is 45.5 Å². The predicted octanol–water partition coefficient (Wildman–Crippen LogP) is 3.12. The molecule has 1 fully saturated rings. The van der Waals surface area contributed by atoms with E-state index in [1.54, 1.807) is 0 Å². The number of rotatable bonds is 6. The summed E-state index contributed by atoms with van der Waals surface area (Å²) in [6, 6.07) is 0.501. The molecule has 0 bridgehead atoms. The van der Waals surface area contributed by atoms with Gasteiger partial charge >= 0.3 is 0 Å². The molecule has 0 aromatic carbocycles. The van der Waals surface area contributed by atoms with Crippen molar-refractivity contribution in [2.45, 2.75) is 71.5 Å². The third kappa shape index (κ3) is 5.93. The van der Waals surface area contributed by atoms with Crippen molar-refractivity contribution in [2.24, 2.45) is 19.1 Å². The zero-order valence-corrected chi connectivity index (χ0v) is 20.8. The highest BCUT2D eigenvalue weighted by Crippen LogP contribution is 2.20. The van der Waals surface area contributed by atoms with E-state index in [9.17, 15) is 0 Å². The molecule has 0 amide bonds. The van der Waals surface area contributed by atoms with Gasteiger partial charge in [-0.2, -0.15) is 5.10 Å². The van der Waals surface area contributed by atoms with Crippen LogP contribution in [0.4, 0.5) is 0 Å². The lowest BCUT2D eigenvalue weighted by Crippen LogP contribution is -2.43. The molecule has 9 heteroatoms. The van der Waals surface area contributed by atoms with Gasteiger partial charge in [-0.3, -0.25) is 4.68 Å². The van der Waals surface area contributed by atoms with Crippen molar-refractivity contribution in [3.05, 3.63) is 29.1 Å². The molecule has 0 unspecified atom stereocenters. The van der Waals surface area contributed by atoms with Crippen LogP contribution in [0.5, 0.6) is 0 Å². The first-order valence-electron chi connectivity index (χ1n) is 10.2.